The smallest absolute Gasteiger partial charge is 0.240 e. The predicted molar refractivity (Wildman–Crippen MR) is 89.2 cm³/mol. The van der Waals surface area contributed by atoms with Gasteiger partial charge in [-0.15, -0.1) is 12.4 Å². The van der Waals surface area contributed by atoms with Gasteiger partial charge in [0.1, 0.15) is 11.5 Å². The van der Waals surface area contributed by atoms with Crippen LogP contribution in [0.5, 0.6) is 0 Å². The third-order valence-electron chi connectivity index (χ3n) is 3.08. The molecule has 0 atom stereocenters. The maximum Gasteiger partial charge on any atom is 0.240 e. The standard InChI is InChI=1S/C14H19FN4O2S.ClH/c1-11-9-17-19(10-11)14-5-4-12(8-13(14)15)22(20,21)18-7-3-6-16-2;/h4-5,8-10,16,18H,3,6-7H2,1-2H3;1H. The fourth-order valence-electron chi connectivity index (χ4n) is 1.94. The van der Waals surface area contributed by atoms with Crippen LogP contribution in [0.2, 0.25) is 0 Å². The third-order valence-corrected chi connectivity index (χ3v) is 4.54. The fourth-order valence-corrected chi connectivity index (χ4v) is 3.03. The second-order valence-electron chi connectivity index (χ2n) is 4.93. The van der Waals surface area contributed by atoms with Crippen molar-refractivity contribution in [2.75, 3.05) is 20.1 Å². The van der Waals surface area contributed by atoms with E-state index in [2.05, 4.69) is 15.1 Å². The minimum atomic E-state index is -3.70. The Labute approximate surface area is 141 Å². The Balaban J connectivity index is 0.00000264. The van der Waals surface area contributed by atoms with Gasteiger partial charge in [-0.2, -0.15) is 5.10 Å². The van der Waals surface area contributed by atoms with Crippen molar-refractivity contribution in [3.63, 3.8) is 0 Å². The Morgan fingerprint density at radius 3 is 2.61 bits per heavy atom. The summed E-state index contributed by atoms with van der Waals surface area (Å²) in [5, 5.41) is 6.94. The van der Waals surface area contributed by atoms with Crippen LogP contribution in [0.4, 0.5) is 4.39 Å². The van der Waals surface area contributed by atoms with Gasteiger partial charge in [0.05, 0.1) is 11.1 Å². The molecule has 0 bridgehead atoms. The Morgan fingerprint density at radius 1 is 1.30 bits per heavy atom. The number of nitrogens with one attached hydrogen (secondary N) is 2. The molecule has 128 valence electrons. The van der Waals surface area contributed by atoms with Crippen LogP contribution in [0, 0.1) is 12.7 Å². The molecular weight excluding hydrogens is 343 g/mol. The van der Waals surface area contributed by atoms with Gasteiger partial charge in [0, 0.05) is 12.7 Å². The van der Waals surface area contributed by atoms with E-state index in [4.69, 9.17) is 0 Å². The first-order valence-electron chi connectivity index (χ1n) is 6.89. The minimum absolute atomic E-state index is 0. The molecule has 0 radical (unpaired) electrons. The SMILES string of the molecule is CNCCCNS(=O)(=O)c1ccc(-n2cc(C)cn2)c(F)c1.Cl. The average molecular weight is 363 g/mol. The number of nitrogens with zero attached hydrogens (tertiary/aromatic N) is 2. The predicted octanol–water partition coefficient (Wildman–Crippen LogP) is 1.63. The van der Waals surface area contributed by atoms with Gasteiger partial charge < -0.3 is 5.32 Å². The maximum atomic E-state index is 14.2. The monoisotopic (exact) mass is 362 g/mol. The van der Waals surface area contributed by atoms with Gasteiger partial charge in [-0.1, -0.05) is 0 Å². The zero-order valence-electron chi connectivity index (χ0n) is 12.9. The lowest BCUT2D eigenvalue weighted by atomic mass is 10.3. The van der Waals surface area contributed by atoms with Crippen molar-refractivity contribution < 1.29 is 12.8 Å². The maximum absolute atomic E-state index is 14.2. The number of halogens is 2. The van der Waals surface area contributed by atoms with Crippen LogP contribution in [0.25, 0.3) is 5.69 Å². The highest BCUT2D eigenvalue weighted by Gasteiger charge is 2.16. The van der Waals surface area contributed by atoms with Crippen molar-refractivity contribution in [2.45, 2.75) is 18.2 Å². The zero-order valence-corrected chi connectivity index (χ0v) is 14.5. The van der Waals surface area contributed by atoms with Gasteiger partial charge in [-0.3, -0.25) is 0 Å². The van der Waals surface area contributed by atoms with E-state index in [1.807, 2.05) is 6.92 Å². The molecule has 6 nitrogen and oxygen atoms in total. The molecule has 1 aromatic carbocycles. The van der Waals surface area contributed by atoms with Crippen LogP contribution < -0.4 is 10.0 Å². The number of rotatable bonds is 7. The lowest BCUT2D eigenvalue weighted by Gasteiger charge is -2.09. The van der Waals surface area contributed by atoms with Gasteiger partial charge in [-0.25, -0.2) is 22.2 Å². The summed E-state index contributed by atoms with van der Waals surface area (Å²) in [5.74, 6) is -0.638. The van der Waals surface area contributed by atoms with Gasteiger partial charge in [0.15, 0.2) is 0 Å². The molecular formula is C14H20ClFN4O2S. The summed E-state index contributed by atoms with van der Waals surface area (Å²) >= 11 is 0. The van der Waals surface area contributed by atoms with Gasteiger partial charge in [-0.05, 0) is 50.7 Å². The zero-order chi connectivity index (χ0) is 16.2. The van der Waals surface area contributed by atoms with Crippen molar-refractivity contribution in [1.29, 1.82) is 0 Å². The summed E-state index contributed by atoms with van der Waals surface area (Å²) in [6.45, 7) is 2.84. The van der Waals surface area contributed by atoms with Gasteiger partial charge >= 0.3 is 0 Å². The van der Waals surface area contributed by atoms with Crippen LogP contribution >= 0.6 is 12.4 Å². The van der Waals surface area contributed by atoms with E-state index in [1.165, 1.54) is 16.8 Å². The molecule has 0 aliphatic carbocycles. The quantitative estimate of drug-likeness (QED) is 0.734. The molecule has 1 heterocycles. The number of hydrogen-bond donors (Lipinski definition) is 2. The van der Waals surface area contributed by atoms with Crippen molar-refractivity contribution in [2.24, 2.45) is 0 Å². The summed E-state index contributed by atoms with van der Waals surface area (Å²) in [5.41, 5.74) is 1.10. The molecule has 1 aromatic heterocycles. The van der Waals surface area contributed by atoms with E-state index in [-0.39, 0.29) is 23.0 Å². The lowest BCUT2D eigenvalue weighted by Crippen LogP contribution is -2.27. The van der Waals surface area contributed by atoms with Crippen LogP contribution in [0.3, 0.4) is 0 Å². The second kappa shape index (κ2) is 8.39. The first-order chi connectivity index (χ1) is 10.4. The summed E-state index contributed by atoms with van der Waals surface area (Å²) in [6.07, 6.45) is 3.93. The normalized spacial score (nSPS) is 11.3. The molecule has 0 saturated heterocycles. The van der Waals surface area contributed by atoms with E-state index in [0.29, 0.717) is 19.5 Å². The average Bonchev–Trinajstić information content (AvgIpc) is 2.90. The molecule has 0 amide bonds. The van der Waals surface area contributed by atoms with Gasteiger partial charge in [0.2, 0.25) is 10.0 Å². The second-order valence-corrected chi connectivity index (χ2v) is 6.70. The summed E-state index contributed by atoms with van der Waals surface area (Å²) in [6, 6.07) is 3.78. The van der Waals surface area contributed by atoms with Crippen LogP contribution in [-0.2, 0) is 10.0 Å². The molecule has 2 rings (SSSR count). The molecule has 0 unspecified atom stereocenters. The van der Waals surface area contributed by atoms with Gasteiger partial charge in [0.25, 0.3) is 0 Å². The molecule has 0 aliphatic rings. The fraction of sp³-hybridized carbons (Fsp3) is 0.357. The number of hydrogen-bond acceptors (Lipinski definition) is 4. The minimum Gasteiger partial charge on any atom is -0.320 e. The van der Waals surface area contributed by atoms with E-state index in [9.17, 15) is 12.8 Å². The molecule has 0 saturated carbocycles. The largest absolute Gasteiger partial charge is 0.320 e. The Kier molecular flexibility index (Phi) is 7.14. The topological polar surface area (TPSA) is 76.0 Å². The summed E-state index contributed by atoms with van der Waals surface area (Å²) in [7, 11) is -1.91. The van der Waals surface area contributed by atoms with E-state index >= 15 is 0 Å². The molecule has 0 spiro atoms. The number of sulfonamides is 1. The first-order valence-corrected chi connectivity index (χ1v) is 8.38. The highest BCUT2D eigenvalue weighted by Crippen LogP contribution is 2.18. The summed E-state index contributed by atoms with van der Waals surface area (Å²) in [4.78, 5) is -0.0953. The molecule has 23 heavy (non-hydrogen) atoms. The first kappa shape index (κ1) is 19.6. The highest BCUT2D eigenvalue weighted by atomic mass is 35.5. The number of benzene rings is 1. The third kappa shape index (κ3) is 5.00. The van der Waals surface area contributed by atoms with E-state index in [1.54, 1.807) is 19.4 Å². The van der Waals surface area contributed by atoms with Crippen molar-refractivity contribution >= 4 is 22.4 Å². The Hall–Kier alpha value is -1.48. The number of aryl methyl sites for hydroxylation is 1. The van der Waals surface area contributed by atoms with Crippen LogP contribution in [0.15, 0.2) is 35.5 Å². The molecule has 2 aromatic rings. The Bertz CT molecular complexity index is 749. The molecule has 9 heteroatoms. The van der Waals surface area contributed by atoms with Crippen LogP contribution in [0.1, 0.15) is 12.0 Å². The lowest BCUT2D eigenvalue weighted by molar-refractivity contribution is 0.572. The van der Waals surface area contributed by atoms with Crippen molar-refractivity contribution in [3.05, 3.63) is 42.0 Å². The Morgan fingerprint density at radius 2 is 2.04 bits per heavy atom. The van der Waals surface area contributed by atoms with E-state index < -0.39 is 15.8 Å². The highest BCUT2D eigenvalue weighted by molar-refractivity contribution is 7.89. The van der Waals surface area contributed by atoms with Crippen molar-refractivity contribution in [3.8, 4) is 5.69 Å². The number of aromatic nitrogens is 2. The molecule has 0 fully saturated rings. The molecule has 2 N–H and O–H groups in total. The van der Waals surface area contributed by atoms with Crippen LogP contribution in [-0.4, -0.2) is 38.3 Å². The van der Waals surface area contributed by atoms with Crippen molar-refractivity contribution in [1.82, 2.24) is 19.8 Å². The van der Waals surface area contributed by atoms with E-state index in [0.717, 1.165) is 11.6 Å². The molecule has 0 aliphatic heterocycles. The summed E-state index contributed by atoms with van der Waals surface area (Å²) < 4.78 is 42.1.